The fourth-order valence-electron chi connectivity index (χ4n) is 2.68. The highest BCUT2D eigenvalue weighted by Gasteiger charge is 2.23. The molecule has 19 heavy (non-hydrogen) atoms. The molecule has 1 aromatic rings. The van der Waals surface area contributed by atoms with E-state index in [4.69, 9.17) is 5.73 Å². The van der Waals surface area contributed by atoms with Crippen LogP contribution in [-0.2, 0) is 0 Å². The Hall–Kier alpha value is -1.07. The molecule has 5 heteroatoms. The standard InChI is InChI=1S/C14H20BrN3O/c1-2-18(11-4-3-7-17-9-11)13-8-10(15)5-6-12(13)14(16)19/h5-6,8,11,17H,2-4,7,9H2,1H3,(H2,16,19). The molecule has 0 saturated carbocycles. The average molecular weight is 326 g/mol. The molecule has 0 bridgehead atoms. The molecule has 1 fully saturated rings. The summed E-state index contributed by atoms with van der Waals surface area (Å²) >= 11 is 3.47. The number of halogens is 1. The van der Waals surface area contributed by atoms with Crippen LogP contribution in [0.15, 0.2) is 22.7 Å². The van der Waals surface area contributed by atoms with Crippen LogP contribution in [-0.4, -0.2) is 31.6 Å². The first-order valence-corrected chi connectivity index (χ1v) is 7.49. The molecule has 0 radical (unpaired) electrons. The number of anilines is 1. The maximum Gasteiger partial charge on any atom is 0.250 e. The van der Waals surface area contributed by atoms with Crippen LogP contribution in [0.5, 0.6) is 0 Å². The molecule has 1 aromatic carbocycles. The fraction of sp³-hybridized carbons (Fsp3) is 0.500. The van der Waals surface area contributed by atoms with Gasteiger partial charge in [-0.25, -0.2) is 0 Å². The molecule has 1 aliphatic heterocycles. The lowest BCUT2D eigenvalue weighted by Gasteiger charge is -2.36. The minimum Gasteiger partial charge on any atom is -0.367 e. The lowest BCUT2D eigenvalue weighted by atomic mass is 10.0. The maximum atomic E-state index is 11.6. The molecular weight excluding hydrogens is 306 g/mol. The van der Waals surface area contributed by atoms with E-state index >= 15 is 0 Å². The topological polar surface area (TPSA) is 58.4 Å². The Morgan fingerprint density at radius 1 is 1.58 bits per heavy atom. The van der Waals surface area contributed by atoms with Crippen molar-refractivity contribution in [1.82, 2.24) is 5.32 Å². The molecule has 3 N–H and O–H groups in total. The number of amides is 1. The first-order chi connectivity index (χ1) is 9.13. The van der Waals surface area contributed by atoms with Crippen molar-refractivity contribution >= 4 is 27.5 Å². The minimum absolute atomic E-state index is 0.371. The van der Waals surface area contributed by atoms with Crippen molar-refractivity contribution in [2.75, 3.05) is 24.5 Å². The van der Waals surface area contributed by atoms with Gasteiger partial charge in [0.2, 0.25) is 0 Å². The van der Waals surface area contributed by atoms with Crippen LogP contribution in [0.25, 0.3) is 0 Å². The molecule has 2 rings (SSSR count). The van der Waals surface area contributed by atoms with E-state index < -0.39 is 0 Å². The van der Waals surface area contributed by atoms with Crippen molar-refractivity contribution in [1.29, 1.82) is 0 Å². The van der Waals surface area contributed by atoms with Crippen LogP contribution >= 0.6 is 15.9 Å². The van der Waals surface area contributed by atoms with Gasteiger partial charge >= 0.3 is 0 Å². The van der Waals surface area contributed by atoms with Crippen molar-refractivity contribution in [3.63, 3.8) is 0 Å². The minimum atomic E-state index is -0.371. The van der Waals surface area contributed by atoms with Gasteiger partial charge in [-0.15, -0.1) is 0 Å². The summed E-state index contributed by atoms with van der Waals surface area (Å²) in [5.41, 5.74) is 7.01. The van der Waals surface area contributed by atoms with Crippen LogP contribution in [0.1, 0.15) is 30.1 Å². The largest absolute Gasteiger partial charge is 0.367 e. The smallest absolute Gasteiger partial charge is 0.250 e. The normalized spacial score (nSPS) is 19.2. The summed E-state index contributed by atoms with van der Waals surface area (Å²) in [6.45, 7) is 5.01. The fourth-order valence-corrected chi connectivity index (χ4v) is 3.02. The number of nitrogens with two attached hydrogens (primary N) is 1. The van der Waals surface area contributed by atoms with E-state index in [0.29, 0.717) is 11.6 Å². The molecule has 1 heterocycles. The average Bonchev–Trinajstić information content (AvgIpc) is 2.40. The predicted molar refractivity (Wildman–Crippen MR) is 81.6 cm³/mol. The van der Waals surface area contributed by atoms with E-state index in [-0.39, 0.29) is 5.91 Å². The Bertz CT molecular complexity index is 458. The Morgan fingerprint density at radius 3 is 2.95 bits per heavy atom. The van der Waals surface area contributed by atoms with Gasteiger partial charge in [0.1, 0.15) is 0 Å². The Labute approximate surface area is 122 Å². The molecule has 1 aliphatic rings. The molecule has 104 valence electrons. The van der Waals surface area contributed by atoms with Gasteiger partial charge in [0.15, 0.2) is 0 Å². The van der Waals surface area contributed by atoms with Crippen molar-refractivity contribution in [3.8, 4) is 0 Å². The number of hydrogen-bond donors (Lipinski definition) is 2. The number of carbonyl (C=O) groups excluding carboxylic acids is 1. The second kappa shape index (κ2) is 6.39. The number of nitrogens with one attached hydrogen (secondary N) is 1. The van der Waals surface area contributed by atoms with E-state index in [9.17, 15) is 4.79 Å². The van der Waals surface area contributed by atoms with E-state index in [0.717, 1.165) is 36.2 Å². The number of hydrogen-bond acceptors (Lipinski definition) is 3. The summed E-state index contributed by atoms with van der Waals surface area (Å²) in [7, 11) is 0. The van der Waals surface area contributed by atoms with Gasteiger partial charge in [0, 0.05) is 23.6 Å². The molecule has 4 nitrogen and oxygen atoms in total. The zero-order valence-corrected chi connectivity index (χ0v) is 12.7. The summed E-state index contributed by atoms with van der Waals surface area (Å²) in [4.78, 5) is 13.9. The third-order valence-electron chi connectivity index (χ3n) is 3.59. The first-order valence-electron chi connectivity index (χ1n) is 6.70. The number of rotatable bonds is 4. The molecule has 1 saturated heterocycles. The maximum absolute atomic E-state index is 11.6. The van der Waals surface area contributed by atoms with Gasteiger partial charge in [-0.3, -0.25) is 4.79 Å². The van der Waals surface area contributed by atoms with Gasteiger partial charge in [-0.05, 0) is 44.5 Å². The summed E-state index contributed by atoms with van der Waals surface area (Å²) in [6.07, 6.45) is 2.31. The van der Waals surface area contributed by atoms with Crippen LogP contribution in [0.2, 0.25) is 0 Å². The van der Waals surface area contributed by atoms with Crippen molar-refractivity contribution in [2.45, 2.75) is 25.8 Å². The number of nitrogens with zero attached hydrogens (tertiary/aromatic N) is 1. The molecule has 0 spiro atoms. The number of carbonyl (C=O) groups is 1. The van der Waals surface area contributed by atoms with Crippen molar-refractivity contribution < 1.29 is 4.79 Å². The monoisotopic (exact) mass is 325 g/mol. The van der Waals surface area contributed by atoms with Gasteiger partial charge < -0.3 is 16.0 Å². The van der Waals surface area contributed by atoms with Gasteiger partial charge in [0.25, 0.3) is 5.91 Å². The molecule has 0 aromatic heterocycles. The Kier molecular flexibility index (Phi) is 4.82. The second-order valence-corrected chi connectivity index (χ2v) is 5.73. The molecule has 1 unspecified atom stereocenters. The number of likely N-dealkylation sites (N-methyl/N-ethyl adjacent to an activating group) is 1. The number of benzene rings is 1. The molecule has 1 atom stereocenters. The van der Waals surface area contributed by atoms with Crippen molar-refractivity contribution in [3.05, 3.63) is 28.2 Å². The van der Waals surface area contributed by atoms with E-state index in [1.807, 2.05) is 12.1 Å². The summed E-state index contributed by atoms with van der Waals surface area (Å²) in [5, 5.41) is 3.41. The summed E-state index contributed by atoms with van der Waals surface area (Å²) < 4.78 is 0.967. The Balaban J connectivity index is 2.35. The van der Waals surface area contributed by atoms with E-state index in [1.165, 1.54) is 6.42 Å². The number of piperidine rings is 1. The zero-order valence-electron chi connectivity index (χ0n) is 11.2. The van der Waals surface area contributed by atoms with Crippen LogP contribution < -0.4 is 16.0 Å². The van der Waals surface area contributed by atoms with Crippen molar-refractivity contribution in [2.24, 2.45) is 5.73 Å². The highest BCUT2D eigenvalue weighted by atomic mass is 79.9. The van der Waals surface area contributed by atoms with E-state index in [2.05, 4.69) is 33.1 Å². The van der Waals surface area contributed by atoms with Crippen LogP contribution in [0.4, 0.5) is 5.69 Å². The van der Waals surface area contributed by atoms with Crippen LogP contribution in [0.3, 0.4) is 0 Å². The number of primary amides is 1. The quantitative estimate of drug-likeness (QED) is 0.891. The molecule has 0 aliphatic carbocycles. The lowest BCUT2D eigenvalue weighted by molar-refractivity contribution is 0.100. The van der Waals surface area contributed by atoms with Gasteiger partial charge in [-0.1, -0.05) is 15.9 Å². The predicted octanol–water partition coefficient (Wildman–Crippen LogP) is 2.13. The van der Waals surface area contributed by atoms with Crippen LogP contribution in [0, 0.1) is 0 Å². The third kappa shape index (κ3) is 3.28. The van der Waals surface area contributed by atoms with E-state index in [1.54, 1.807) is 6.07 Å². The SMILES string of the molecule is CCN(c1cc(Br)ccc1C(N)=O)C1CCCNC1. The third-order valence-corrected chi connectivity index (χ3v) is 4.08. The summed E-state index contributed by atoms with van der Waals surface area (Å²) in [5.74, 6) is -0.371. The second-order valence-electron chi connectivity index (χ2n) is 4.81. The zero-order chi connectivity index (χ0) is 13.8. The molecule has 1 amide bonds. The van der Waals surface area contributed by atoms with Gasteiger partial charge in [0.05, 0.1) is 11.3 Å². The summed E-state index contributed by atoms with van der Waals surface area (Å²) in [6, 6.07) is 6.06. The molecular formula is C14H20BrN3O. The lowest BCUT2D eigenvalue weighted by Crippen LogP contribution is -2.46. The highest BCUT2D eigenvalue weighted by Crippen LogP contribution is 2.28. The highest BCUT2D eigenvalue weighted by molar-refractivity contribution is 9.10. The van der Waals surface area contributed by atoms with Gasteiger partial charge in [-0.2, -0.15) is 0 Å². The Morgan fingerprint density at radius 2 is 2.37 bits per heavy atom. The first kappa shape index (κ1) is 14.3.